The van der Waals surface area contributed by atoms with Crippen LogP contribution in [-0.4, -0.2) is 27.0 Å². The molecule has 0 heterocycles. The van der Waals surface area contributed by atoms with Gasteiger partial charge in [0.15, 0.2) is 6.79 Å². The van der Waals surface area contributed by atoms with E-state index < -0.39 is 11.8 Å². The normalized spacial score (nSPS) is 10.5. The number of ether oxygens (including phenoxy) is 3. The first-order chi connectivity index (χ1) is 8.17. The highest BCUT2D eigenvalue weighted by Crippen LogP contribution is 2.17. The second kappa shape index (κ2) is 6.65. The molecular formula is C12H13FO4. The molecule has 0 aliphatic carbocycles. The predicted octanol–water partition coefficient (Wildman–Crippen LogP) is 1.99. The van der Waals surface area contributed by atoms with Gasteiger partial charge in [0.05, 0.1) is 7.11 Å². The number of hydrogen-bond acceptors (Lipinski definition) is 4. The molecule has 4 nitrogen and oxygen atoms in total. The molecule has 0 atom stereocenters. The summed E-state index contributed by atoms with van der Waals surface area (Å²) in [6, 6.07) is 4.30. The molecule has 0 spiro atoms. The molecule has 0 unspecified atom stereocenters. The number of hydrogen-bond donors (Lipinski definition) is 0. The second-order valence-corrected chi connectivity index (χ2v) is 3.09. The van der Waals surface area contributed by atoms with Crippen LogP contribution in [0, 0.1) is 5.82 Å². The minimum absolute atomic E-state index is 0.0524. The maximum atomic E-state index is 13.5. The number of halogens is 1. The zero-order valence-corrected chi connectivity index (χ0v) is 9.60. The molecule has 5 heteroatoms. The lowest BCUT2D eigenvalue weighted by Gasteiger charge is -2.05. The number of carbonyl (C=O) groups excluding carboxylic acids is 1. The Hall–Kier alpha value is -1.88. The van der Waals surface area contributed by atoms with Crippen LogP contribution in [0.4, 0.5) is 4.39 Å². The molecule has 17 heavy (non-hydrogen) atoms. The Balaban J connectivity index is 2.75. The fourth-order valence-electron chi connectivity index (χ4n) is 1.09. The minimum atomic E-state index is -0.538. The summed E-state index contributed by atoms with van der Waals surface area (Å²) in [5.74, 6) is -0.664. The van der Waals surface area contributed by atoms with Crippen molar-refractivity contribution in [2.45, 2.75) is 0 Å². The van der Waals surface area contributed by atoms with Crippen molar-refractivity contribution in [3.63, 3.8) is 0 Å². The van der Waals surface area contributed by atoms with E-state index in [1.54, 1.807) is 6.07 Å². The van der Waals surface area contributed by atoms with E-state index in [4.69, 9.17) is 4.74 Å². The first-order valence-electron chi connectivity index (χ1n) is 4.84. The minimum Gasteiger partial charge on any atom is -0.467 e. The highest BCUT2D eigenvalue weighted by molar-refractivity contribution is 5.86. The van der Waals surface area contributed by atoms with Gasteiger partial charge in [0.25, 0.3) is 0 Å². The highest BCUT2D eigenvalue weighted by atomic mass is 19.1. The van der Waals surface area contributed by atoms with Crippen molar-refractivity contribution in [1.29, 1.82) is 0 Å². The predicted molar refractivity (Wildman–Crippen MR) is 60.0 cm³/mol. The highest BCUT2D eigenvalue weighted by Gasteiger charge is 2.02. The van der Waals surface area contributed by atoms with Crippen molar-refractivity contribution < 1.29 is 23.4 Å². The second-order valence-electron chi connectivity index (χ2n) is 3.09. The Bertz CT molecular complexity index is 415. The van der Waals surface area contributed by atoms with E-state index >= 15 is 0 Å². The van der Waals surface area contributed by atoms with E-state index in [1.165, 1.54) is 32.4 Å². The fourth-order valence-corrected chi connectivity index (χ4v) is 1.09. The van der Waals surface area contributed by atoms with Crippen LogP contribution in [0.25, 0.3) is 6.08 Å². The molecule has 0 N–H and O–H groups in total. The Kier molecular flexibility index (Phi) is 5.16. The van der Waals surface area contributed by atoms with Crippen LogP contribution in [0.3, 0.4) is 0 Å². The Labute approximate surface area is 98.6 Å². The Morgan fingerprint density at radius 1 is 1.41 bits per heavy atom. The van der Waals surface area contributed by atoms with Gasteiger partial charge in [0.2, 0.25) is 0 Å². The van der Waals surface area contributed by atoms with Crippen LogP contribution in [-0.2, 0) is 14.3 Å². The van der Waals surface area contributed by atoms with Gasteiger partial charge < -0.3 is 14.2 Å². The molecule has 0 aromatic heterocycles. The van der Waals surface area contributed by atoms with Gasteiger partial charge in [0, 0.05) is 24.8 Å². The van der Waals surface area contributed by atoms with Gasteiger partial charge in [-0.15, -0.1) is 0 Å². The number of methoxy groups -OCH3 is 2. The first kappa shape index (κ1) is 13.2. The molecule has 1 aromatic carbocycles. The van der Waals surface area contributed by atoms with Crippen LogP contribution in [0.1, 0.15) is 5.56 Å². The largest absolute Gasteiger partial charge is 0.467 e. The third-order valence-electron chi connectivity index (χ3n) is 1.92. The van der Waals surface area contributed by atoms with Crippen LogP contribution >= 0.6 is 0 Å². The molecule has 0 saturated carbocycles. The third kappa shape index (κ3) is 4.24. The van der Waals surface area contributed by atoms with Crippen molar-refractivity contribution in [2.75, 3.05) is 21.0 Å². The van der Waals surface area contributed by atoms with Gasteiger partial charge in [0.1, 0.15) is 11.6 Å². The molecule has 1 rings (SSSR count). The lowest BCUT2D eigenvalue weighted by molar-refractivity contribution is -0.134. The summed E-state index contributed by atoms with van der Waals surface area (Å²) in [6.07, 6.45) is 2.48. The molecule has 0 radical (unpaired) electrons. The quantitative estimate of drug-likeness (QED) is 0.448. The maximum Gasteiger partial charge on any atom is 0.330 e. The topological polar surface area (TPSA) is 44.8 Å². The SMILES string of the molecule is COCOc1ccc(C=CC(=O)OC)c(F)c1. The van der Waals surface area contributed by atoms with Gasteiger partial charge in [-0.1, -0.05) is 0 Å². The summed E-state index contributed by atoms with van der Waals surface area (Å²) in [4.78, 5) is 10.8. The molecular weight excluding hydrogens is 227 g/mol. The van der Waals surface area contributed by atoms with Crippen LogP contribution in [0.15, 0.2) is 24.3 Å². The van der Waals surface area contributed by atoms with E-state index in [0.29, 0.717) is 5.75 Å². The molecule has 92 valence electrons. The average Bonchev–Trinajstić information content (AvgIpc) is 2.34. The summed E-state index contributed by atoms with van der Waals surface area (Å²) in [5, 5.41) is 0. The number of benzene rings is 1. The molecule has 0 aliphatic heterocycles. The Morgan fingerprint density at radius 2 is 2.18 bits per heavy atom. The monoisotopic (exact) mass is 240 g/mol. The number of rotatable bonds is 5. The summed E-state index contributed by atoms with van der Waals surface area (Å²) in [6.45, 7) is 0.0524. The first-order valence-corrected chi connectivity index (χ1v) is 4.84. The van der Waals surface area contributed by atoms with Crippen molar-refractivity contribution >= 4 is 12.0 Å². The summed E-state index contributed by atoms with van der Waals surface area (Å²) >= 11 is 0. The van der Waals surface area contributed by atoms with Gasteiger partial charge in [-0.3, -0.25) is 0 Å². The summed E-state index contributed by atoms with van der Waals surface area (Å²) in [5.41, 5.74) is 0.278. The summed E-state index contributed by atoms with van der Waals surface area (Å²) in [7, 11) is 2.73. The third-order valence-corrected chi connectivity index (χ3v) is 1.92. The van der Waals surface area contributed by atoms with Gasteiger partial charge in [-0.25, -0.2) is 9.18 Å². The lowest BCUT2D eigenvalue weighted by Crippen LogP contribution is -1.99. The van der Waals surface area contributed by atoms with Crippen molar-refractivity contribution in [1.82, 2.24) is 0 Å². The Morgan fingerprint density at radius 3 is 2.76 bits per heavy atom. The van der Waals surface area contributed by atoms with E-state index in [0.717, 1.165) is 6.08 Å². The van der Waals surface area contributed by atoms with Crippen LogP contribution in [0.2, 0.25) is 0 Å². The summed E-state index contributed by atoms with van der Waals surface area (Å²) < 4.78 is 27.7. The lowest BCUT2D eigenvalue weighted by atomic mass is 10.2. The molecule has 0 aliphatic rings. The van der Waals surface area contributed by atoms with Gasteiger partial charge >= 0.3 is 5.97 Å². The van der Waals surface area contributed by atoms with E-state index in [2.05, 4.69) is 9.47 Å². The van der Waals surface area contributed by atoms with Crippen molar-refractivity contribution in [3.05, 3.63) is 35.7 Å². The van der Waals surface area contributed by atoms with Crippen molar-refractivity contribution in [3.8, 4) is 5.75 Å². The maximum absolute atomic E-state index is 13.5. The van der Waals surface area contributed by atoms with E-state index in [-0.39, 0.29) is 12.4 Å². The molecule has 0 fully saturated rings. The number of carbonyl (C=O) groups is 1. The van der Waals surface area contributed by atoms with Gasteiger partial charge in [-0.2, -0.15) is 0 Å². The number of esters is 1. The average molecular weight is 240 g/mol. The zero-order chi connectivity index (χ0) is 12.7. The van der Waals surface area contributed by atoms with Crippen molar-refractivity contribution in [2.24, 2.45) is 0 Å². The molecule has 1 aromatic rings. The zero-order valence-electron chi connectivity index (χ0n) is 9.60. The molecule has 0 saturated heterocycles. The van der Waals surface area contributed by atoms with Crippen LogP contribution < -0.4 is 4.74 Å². The smallest absolute Gasteiger partial charge is 0.330 e. The fraction of sp³-hybridized carbons (Fsp3) is 0.250. The molecule has 0 bridgehead atoms. The van der Waals surface area contributed by atoms with E-state index in [1.807, 2.05) is 0 Å². The molecule has 0 amide bonds. The van der Waals surface area contributed by atoms with Crippen LogP contribution in [0.5, 0.6) is 5.75 Å². The van der Waals surface area contributed by atoms with E-state index in [9.17, 15) is 9.18 Å². The standard InChI is InChI=1S/C12H13FO4/c1-15-8-17-10-5-3-9(11(13)7-10)4-6-12(14)16-2/h3-7H,8H2,1-2H3. The van der Waals surface area contributed by atoms with Gasteiger partial charge in [-0.05, 0) is 18.2 Å².